The number of methoxy groups -OCH3 is 2. The minimum absolute atomic E-state index is 0.0182. The Bertz CT molecular complexity index is 1550. The number of carbonyl (C=O) groups is 2. The van der Waals surface area contributed by atoms with Crippen molar-refractivity contribution >= 4 is 34.0 Å². The van der Waals surface area contributed by atoms with Gasteiger partial charge in [-0.15, -0.1) is 0 Å². The van der Waals surface area contributed by atoms with Crippen LogP contribution in [0.4, 0.5) is 5.69 Å². The summed E-state index contributed by atoms with van der Waals surface area (Å²) in [6, 6.07) is 19.4. The van der Waals surface area contributed by atoms with Gasteiger partial charge in [0.1, 0.15) is 5.76 Å². The largest absolute Gasteiger partial charge is 0.507 e. The number of benzene rings is 3. The predicted octanol–water partition coefficient (Wildman–Crippen LogP) is 5.68. The van der Waals surface area contributed by atoms with Crippen LogP contribution in [0.25, 0.3) is 16.7 Å². The van der Waals surface area contributed by atoms with Gasteiger partial charge in [0.2, 0.25) is 0 Å². The fourth-order valence-electron chi connectivity index (χ4n) is 5.05. The number of H-pyrrole nitrogens is 1. The van der Waals surface area contributed by atoms with E-state index < -0.39 is 17.7 Å². The van der Waals surface area contributed by atoms with Gasteiger partial charge in [0.15, 0.2) is 11.5 Å². The Labute approximate surface area is 214 Å². The van der Waals surface area contributed by atoms with E-state index in [-0.39, 0.29) is 11.3 Å². The number of aromatic nitrogens is 1. The number of fused-ring (bicyclic) bond motifs is 1. The smallest absolute Gasteiger partial charge is 0.300 e. The van der Waals surface area contributed by atoms with Crippen LogP contribution in [0.1, 0.15) is 35.3 Å². The third kappa shape index (κ3) is 3.93. The van der Waals surface area contributed by atoms with Crippen LogP contribution in [0.5, 0.6) is 11.5 Å². The van der Waals surface area contributed by atoms with Crippen molar-refractivity contribution in [1.29, 1.82) is 0 Å². The molecule has 1 aromatic heterocycles. The number of amides is 1. The second-order valence-electron chi connectivity index (χ2n) is 8.97. The minimum Gasteiger partial charge on any atom is -0.507 e. The first-order chi connectivity index (χ1) is 17.9. The number of aromatic amines is 1. The van der Waals surface area contributed by atoms with E-state index >= 15 is 0 Å². The molecular formula is C30H28N2O5. The molecule has 1 aliphatic rings. The number of ether oxygens (including phenoxy) is 2. The molecule has 188 valence electrons. The summed E-state index contributed by atoms with van der Waals surface area (Å²) in [6.45, 7) is 3.96. The molecular weight excluding hydrogens is 468 g/mol. The van der Waals surface area contributed by atoms with Gasteiger partial charge < -0.3 is 19.6 Å². The van der Waals surface area contributed by atoms with E-state index in [4.69, 9.17) is 9.47 Å². The maximum atomic E-state index is 13.6. The molecule has 2 heterocycles. The lowest BCUT2D eigenvalue weighted by molar-refractivity contribution is -0.132. The van der Waals surface area contributed by atoms with Gasteiger partial charge in [-0.25, -0.2) is 0 Å². The number of rotatable bonds is 6. The van der Waals surface area contributed by atoms with Crippen LogP contribution in [-0.4, -0.2) is 36.0 Å². The van der Waals surface area contributed by atoms with Gasteiger partial charge in [-0.1, -0.05) is 37.3 Å². The topological polar surface area (TPSA) is 91.9 Å². The zero-order chi connectivity index (χ0) is 26.3. The minimum atomic E-state index is -0.836. The fourth-order valence-corrected chi connectivity index (χ4v) is 5.05. The molecule has 1 amide bonds. The maximum absolute atomic E-state index is 13.6. The van der Waals surface area contributed by atoms with E-state index in [0.29, 0.717) is 22.7 Å². The van der Waals surface area contributed by atoms with E-state index in [1.54, 1.807) is 18.2 Å². The first kappa shape index (κ1) is 24.2. The lowest BCUT2D eigenvalue weighted by Gasteiger charge is -2.26. The van der Waals surface area contributed by atoms with Gasteiger partial charge in [0.05, 0.1) is 25.8 Å². The molecule has 1 atom stereocenters. The lowest BCUT2D eigenvalue weighted by atomic mass is 9.93. The van der Waals surface area contributed by atoms with Crippen molar-refractivity contribution in [3.05, 3.63) is 94.7 Å². The third-order valence-electron chi connectivity index (χ3n) is 6.94. The van der Waals surface area contributed by atoms with Crippen LogP contribution < -0.4 is 14.4 Å². The molecule has 1 fully saturated rings. The Morgan fingerprint density at radius 1 is 0.973 bits per heavy atom. The van der Waals surface area contributed by atoms with Gasteiger partial charge in [0, 0.05) is 33.4 Å². The van der Waals surface area contributed by atoms with Crippen molar-refractivity contribution < 1.29 is 24.2 Å². The summed E-state index contributed by atoms with van der Waals surface area (Å²) < 4.78 is 10.7. The van der Waals surface area contributed by atoms with E-state index in [0.717, 1.165) is 34.1 Å². The molecule has 7 heteroatoms. The summed E-state index contributed by atoms with van der Waals surface area (Å²) in [6.07, 6.45) is 0.851. The number of aliphatic hydroxyl groups is 1. The van der Waals surface area contributed by atoms with Crippen molar-refractivity contribution in [3.63, 3.8) is 0 Å². The van der Waals surface area contributed by atoms with Crippen molar-refractivity contribution in [2.24, 2.45) is 0 Å². The number of Topliss-reactive ketones (excluding diaryl/α,β-unsaturated/α-hetero) is 1. The van der Waals surface area contributed by atoms with Crippen LogP contribution >= 0.6 is 0 Å². The molecule has 1 unspecified atom stereocenters. The summed E-state index contributed by atoms with van der Waals surface area (Å²) in [4.78, 5) is 32.0. The summed E-state index contributed by atoms with van der Waals surface area (Å²) in [7, 11) is 3.02. The summed E-state index contributed by atoms with van der Waals surface area (Å²) >= 11 is 0. The second-order valence-corrected chi connectivity index (χ2v) is 8.97. The number of para-hydroxylation sites is 1. The normalized spacial score (nSPS) is 17.0. The Morgan fingerprint density at radius 2 is 1.68 bits per heavy atom. The molecule has 0 bridgehead atoms. The quantitative estimate of drug-likeness (QED) is 0.204. The Hall–Kier alpha value is -4.52. The molecule has 3 aromatic carbocycles. The van der Waals surface area contributed by atoms with Crippen LogP contribution in [0.3, 0.4) is 0 Å². The van der Waals surface area contributed by atoms with Crippen LogP contribution in [0, 0.1) is 6.92 Å². The number of nitrogens with zero attached hydrogens (tertiary/aromatic N) is 1. The number of hydrogen-bond acceptors (Lipinski definition) is 5. The summed E-state index contributed by atoms with van der Waals surface area (Å²) in [5, 5.41) is 12.4. The summed E-state index contributed by atoms with van der Waals surface area (Å²) in [5.74, 6) is -0.834. The highest BCUT2D eigenvalue weighted by Gasteiger charge is 2.48. The molecule has 0 aliphatic carbocycles. The maximum Gasteiger partial charge on any atom is 0.300 e. The number of aryl methyl sites for hydroxylation is 2. The highest BCUT2D eigenvalue weighted by Crippen LogP contribution is 2.46. The standard InChI is InChI=1S/C30H28N2O5/c1-5-18-10-13-20(14-11-18)32-27(25-17(2)31-22-9-7-6-8-21(22)25)26(29(34)30(32)35)28(33)19-12-15-23(36-3)24(16-19)37-4/h6-16,27,31,33H,5H2,1-4H3/b28-26+. The number of hydrogen-bond donors (Lipinski definition) is 2. The summed E-state index contributed by atoms with van der Waals surface area (Å²) in [5.41, 5.74) is 4.51. The molecule has 0 saturated carbocycles. The molecule has 0 radical (unpaired) electrons. The molecule has 4 aromatic rings. The first-order valence-corrected chi connectivity index (χ1v) is 12.1. The molecule has 1 saturated heterocycles. The van der Waals surface area contributed by atoms with E-state index in [9.17, 15) is 14.7 Å². The Morgan fingerprint density at radius 3 is 2.35 bits per heavy atom. The SMILES string of the molecule is CCc1ccc(N2C(=O)C(=O)/C(=C(/O)c3ccc(OC)c(OC)c3)C2c2c(C)[nH]c3ccccc23)cc1. The second kappa shape index (κ2) is 9.50. The average molecular weight is 497 g/mol. The van der Waals surface area contributed by atoms with E-state index in [1.165, 1.54) is 19.1 Å². The monoisotopic (exact) mass is 496 g/mol. The van der Waals surface area contributed by atoms with Crippen molar-refractivity contribution in [3.8, 4) is 11.5 Å². The number of nitrogens with one attached hydrogen (secondary N) is 1. The van der Waals surface area contributed by atoms with E-state index in [1.807, 2.05) is 55.5 Å². The molecule has 7 nitrogen and oxygen atoms in total. The van der Waals surface area contributed by atoms with Gasteiger partial charge in [-0.05, 0) is 55.3 Å². The Kier molecular flexibility index (Phi) is 6.21. The third-order valence-corrected chi connectivity index (χ3v) is 6.94. The van der Waals surface area contributed by atoms with Crippen molar-refractivity contribution in [1.82, 2.24) is 4.98 Å². The van der Waals surface area contributed by atoms with Crippen molar-refractivity contribution in [2.45, 2.75) is 26.3 Å². The van der Waals surface area contributed by atoms with Gasteiger partial charge >= 0.3 is 0 Å². The number of ketones is 1. The molecule has 0 spiro atoms. The van der Waals surface area contributed by atoms with Crippen LogP contribution in [0.15, 0.2) is 72.3 Å². The van der Waals surface area contributed by atoms with Gasteiger partial charge in [-0.3, -0.25) is 14.5 Å². The number of anilines is 1. The predicted molar refractivity (Wildman–Crippen MR) is 143 cm³/mol. The van der Waals surface area contributed by atoms with Gasteiger partial charge in [0.25, 0.3) is 11.7 Å². The average Bonchev–Trinajstić information content (AvgIpc) is 3.39. The fraction of sp³-hybridized carbons (Fsp3) is 0.200. The van der Waals surface area contributed by atoms with Gasteiger partial charge in [-0.2, -0.15) is 0 Å². The molecule has 5 rings (SSSR count). The van der Waals surface area contributed by atoms with Crippen LogP contribution in [-0.2, 0) is 16.0 Å². The number of carbonyl (C=O) groups excluding carboxylic acids is 2. The molecule has 1 aliphatic heterocycles. The Balaban J connectivity index is 1.78. The van der Waals surface area contributed by atoms with Crippen LogP contribution in [0.2, 0.25) is 0 Å². The zero-order valence-corrected chi connectivity index (χ0v) is 21.2. The molecule has 2 N–H and O–H groups in total. The highest BCUT2D eigenvalue weighted by molar-refractivity contribution is 6.52. The van der Waals surface area contributed by atoms with Crippen molar-refractivity contribution in [2.75, 3.05) is 19.1 Å². The first-order valence-electron chi connectivity index (χ1n) is 12.1. The molecule has 37 heavy (non-hydrogen) atoms. The zero-order valence-electron chi connectivity index (χ0n) is 21.2. The highest BCUT2D eigenvalue weighted by atomic mass is 16.5. The number of aliphatic hydroxyl groups excluding tert-OH is 1. The van der Waals surface area contributed by atoms with E-state index in [2.05, 4.69) is 11.9 Å². The lowest BCUT2D eigenvalue weighted by Crippen LogP contribution is -2.29.